The maximum atomic E-state index is 11.5. The van der Waals surface area contributed by atoms with Crippen LogP contribution < -0.4 is 5.32 Å². The van der Waals surface area contributed by atoms with Gasteiger partial charge in [-0.15, -0.1) is 0 Å². The van der Waals surface area contributed by atoms with E-state index in [1.165, 1.54) is 19.2 Å². The number of nitrogens with one attached hydrogen (secondary N) is 1. The fourth-order valence-corrected chi connectivity index (χ4v) is 1.70. The number of carbonyl (C=O) groups is 2. The molecular weight excluding hydrogens is 323 g/mol. The van der Waals surface area contributed by atoms with Gasteiger partial charge in [-0.25, -0.2) is 4.79 Å². The Bertz CT molecular complexity index is 540. The number of amides is 1. The zero-order valence-electron chi connectivity index (χ0n) is 9.29. The molecule has 1 amide bonds. The molecule has 0 aliphatic rings. The topological polar surface area (TPSA) is 79.2 Å². The van der Waals surface area contributed by atoms with Gasteiger partial charge < -0.3 is 10.1 Å². The molecule has 0 heterocycles. The summed E-state index contributed by atoms with van der Waals surface area (Å²) in [7, 11) is 1.22. The van der Waals surface area contributed by atoms with E-state index in [1.54, 1.807) is 6.07 Å². The molecule has 7 heteroatoms. The Balaban J connectivity index is 3.16. The molecule has 0 unspecified atom stereocenters. The number of nitriles is 1. The molecule has 0 spiro atoms. The number of anilines is 1. The summed E-state index contributed by atoms with van der Waals surface area (Å²) in [5.74, 6) is -1.14. The van der Waals surface area contributed by atoms with Crippen LogP contribution >= 0.6 is 27.5 Å². The lowest BCUT2D eigenvalue weighted by molar-refractivity contribution is -0.115. The fraction of sp³-hybridized carbons (Fsp3) is 0.182. The van der Waals surface area contributed by atoms with Gasteiger partial charge in [-0.2, -0.15) is 5.26 Å². The van der Waals surface area contributed by atoms with Crippen molar-refractivity contribution in [3.05, 3.63) is 27.2 Å². The number of carbonyl (C=O) groups excluding carboxylic acids is 2. The summed E-state index contributed by atoms with van der Waals surface area (Å²) in [5.41, 5.74) is 0.357. The molecule has 0 aliphatic carbocycles. The third-order valence-corrected chi connectivity index (χ3v) is 3.18. The van der Waals surface area contributed by atoms with Crippen LogP contribution in [-0.4, -0.2) is 19.0 Å². The first-order valence-corrected chi connectivity index (χ1v) is 5.90. The molecule has 0 radical (unpaired) electrons. The highest BCUT2D eigenvalue weighted by atomic mass is 79.9. The Kier molecular flexibility index (Phi) is 5.13. The van der Waals surface area contributed by atoms with Crippen molar-refractivity contribution in [2.45, 2.75) is 6.42 Å². The van der Waals surface area contributed by atoms with Crippen LogP contribution in [0.1, 0.15) is 16.8 Å². The molecule has 5 nitrogen and oxygen atoms in total. The zero-order valence-corrected chi connectivity index (χ0v) is 11.6. The second-order valence-corrected chi connectivity index (χ2v) is 4.45. The quantitative estimate of drug-likeness (QED) is 0.864. The number of ether oxygens (including phenoxy) is 1. The van der Waals surface area contributed by atoms with E-state index < -0.39 is 11.9 Å². The fourth-order valence-electron chi connectivity index (χ4n) is 1.20. The van der Waals surface area contributed by atoms with Crippen LogP contribution in [-0.2, 0) is 9.53 Å². The minimum absolute atomic E-state index is 0.122. The van der Waals surface area contributed by atoms with Gasteiger partial charge in [-0.05, 0) is 28.1 Å². The highest BCUT2D eigenvalue weighted by Gasteiger charge is 2.16. The van der Waals surface area contributed by atoms with Crippen LogP contribution in [0.2, 0.25) is 5.02 Å². The van der Waals surface area contributed by atoms with Gasteiger partial charge in [-0.1, -0.05) is 11.6 Å². The monoisotopic (exact) mass is 330 g/mol. The number of esters is 1. The summed E-state index contributed by atoms with van der Waals surface area (Å²) in [4.78, 5) is 22.9. The number of methoxy groups -OCH3 is 1. The molecule has 0 bridgehead atoms. The maximum absolute atomic E-state index is 11.5. The van der Waals surface area contributed by atoms with Gasteiger partial charge in [0.25, 0.3) is 0 Å². The van der Waals surface area contributed by atoms with Crippen molar-refractivity contribution in [3.63, 3.8) is 0 Å². The van der Waals surface area contributed by atoms with Gasteiger partial charge in [0.2, 0.25) is 5.91 Å². The van der Waals surface area contributed by atoms with Crippen molar-refractivity contribution in [2.75, 3.05) is 12.4 Å². The third-order valence-electron chi connectivity index (χ3n) is 1.98. The molecule has 94 valence electrons. The normalized spacial score (nSPS) is 9.44. The lowest BCUT2D eigenvalue weighted by Crippen LogP contribution is -2.14. The molecule has 1 rings (SSSR count). The van der Waals surface area contributed by atoms with Crippen molar-refractivity contribution in [3.8, 4) is 6.07 Å². The molecular formula is C11H8BrClN2O3. The summed E-state index contributed by atoms with van der Waals surface area (Å²) >= 11 is 9.04. The average molecular weight is 332 g/mol. The Morgan fingerprint density at radius 3 is 2.78 bits per heavy atom. The van der Waals surface area contributed by atoms with Crippen LogP contribution in [0.25, 0.3) is 0 Å². The predicted octanol–water partition coefficient (Wildman–Crippen LogP) is 2.74. The van der Waals surface area contributed by atoms with E-state index in [2.05, 4.69) is 26.0 Å². The lowest BCUT2D eigenvalue weighted by Gasteiger charge is -2.10. The number of rotatable bonds is 3. The SMILES string of the molecule is COC(=O)c1cc(Cl)c(Br)cc1NC(=O)CC#N. The number of nitrogens with zero attached hydrogens (tertiary/aromatic N) is 1. The van der Waals surface area contributed by atoms with Crippen molar-refractivity contribution in [1.82, 2.24) is 0 Å². The maximum Gasteiger partial charge on any atom is 0.340 e. The molecule has 0 saturated carbocycles. The minimum atomic E-state index is -0.628. The molecule has 0 fully saturated rings. The standard InChI is InChI=1S/C11H8BrClN2O3/c1-18-11(17)6-4-8(13)7(12)5-9(6)15-10(16)2-3-14/h4-5H,2H2,1H3,(H,15,16). The van der Waals surface area contributed by atoms with E-state index in [0.29, 0.717) is 9.50 Å². The van der Waals surface area contributed by atoms with Crippen LogP contribution in [0, 0.1) is 11.3 Å². The van der Waals surface area contributed by atoms with Gasteiger partial charge in [0.15, 0.2) is 0 Å². The first-order chi connectivity index (χ1) is 8.49. The summed E-state index contributed by atoms with van der Waals surface area (Å²) < 4.78 is 5.10. The molecule has 0 saturated heterocycles. The van der Waals surface area contributed by atoms with Crippen LogP contribution in [0.5, 0.6) is 0 Å². The third kappa shape index (κ3) is 3.45. The Labute approximate surface area is 117 Å². The Hall–Kier alpha value is -1.58. The van der Waals surface area contributed by atoms with Gasteiger partial charge >= 0.3 is 5.97 Å². The van der Waals surface area contributed by atoms with E-state index in [9.17, 15) is 9.59 Å². The molecule has 0 aromatic heterocycles. The Morgan fingerprint density at radius 2 is 2.22 bits per heavy atom. The highest BCUT2D eigenvalue weighted by Crippen LogP contribution is 2.30. The van der Waals surface area contributed by atoms with E-state index in [-0.39, 0.29) is 17.7 Å². The van der Waals surface area contributed by atoms with Crippen molar-refractivity contribution < 1.29 is 14.3 Å². The summed E-state index contributed by atoms with van der Waals surface area (Å²) in [6, 6.07) is 4.56. The van der Waals surface area contributed by atoms with E-state index in [4.69, 9.17) is 16.9 Å². The van der Waals surface area contributed by atoms with Gasteiger partial charge in [-0.3, -0.25) is 4.79 Å². The molecule has 18 heavy (non-hydrogen) atoms. The number of hydrogen-bond acceptors (Lipinski definition) is 4. The second-order valence-electron chi connectivity index (χ2n) is 3.19. The summed E-state index contributed by atoms with van der Waals surface area (Å²) in [6.45, 7) is 0. The molecule has 1 aromatic rings. The van der Waals surface area contributed by atoms with Crippen LogP contribution in [0.4, 0.5) is 5.69 Å². The Morgan fingerprint density at radius 1 is 1.56 bits per heavy atom. The molecule has 1 aromatic carbocycles. The largest absolute Gasteiger partial charge is 0.465 e. The van der Waals surface area contributed by atoms with Crippen LogP contribution in [0.3, 0.4) is 0 Å². The first kappa shape index (κ1) is 14.5. The molecule has 0 atom stereocenters. The summed E-state index contributed by atoms with van der Waals surface area (Å²) in [6.07, 6.45) is -0.305. The van der Waals surface area contributed by atoms with E-state index in [0.717, 1.165) is 0 Å². The lowest BCUT2D eigenvalue weighted by atomic mass is 10.1. The van der Waals surface area contributed by atoms with Gasteiger partial charge in [0.05, 0.1) is 29.5 Å². The van der Waals surface area contributed by atoms with E-state index in [1.807, 2.05) is 0 Å². The van der Waals surface area contributed by atoms with Crippen molar-refractivity contribution >= 4 is 45.1 Å². The minimum Gasteiger partial charge on any atom is -0.465 e. The van der Waals surface area contributed by atoms with Crippen molar-refractivity contribution in [1.29, 1.82) is 5.26 Å². The van der Waals surface area contributed by atoms with Gasteiger partial charge in [0, 0.05) is 4.47 Å². The van der Waals surface area contributed by atoms with Crippen LogP contribution in [0.15, 0.2) is 16.6 Å². The molecule has 1 N–H and O–H groups in total. The summed E-state index contributed by atoms with van der Waals surface area (Å²) in [5, 5.41) is 11.2. The van der Waals surface area contributed by atoms with E-state index >= 15 is 0 Å². The average Bonchev–Trinajstić information content (AvgIpc) is 2.32. The smallest absolute Gasteiger partial charge is 0.340 e. The first-order valence-electron chi connectivity index (χ1n) is 4.73. The number of benzene rings is 1. The highest BCUT2D eigenvalue weighted by molar-refractivity contribution is 9.10. The van der Waals surface area contributed by atoms with Gasteiger partial charge in [0.1, 0.15) is 6.42 Å². The number of hydrogen-bond donors (Lipinski definition) is 1. The zero-order chi connectivity index (χ0) is 13.7. The predicted molar refractivity (Wildman–Crippen MR) is 69.4 cm³/mol. The van der Waals surface area contributed by atoms with Crippen molar-refractivity contribution in [2.24, 2.45) is 0 Å². The number of halogens is 2. The molecule has 0 aliphatic heterocycles. The second kappa shape index (κ2) is 6.38.